The van der Waals surface area contributed by atoms with Crippen LogP contribution >= 0.6 is 0 Å². The van der Waals surface area contributed by atoms with Gasteiger partial charge in [0.2, 0.25) is 0 Å². The summed E-state index contributed by atoms with van der Waals surface area (Å²) in [5, 5.41) is 28.5. The molecular formula is C23H20N4O4. The average molecular weight is 416 g/mol. The lowest BCUT2D eigenvalue weighted by Gasteiger charge is -2.13. The monoisotopic (exact) mass is 416 g/mol. The number of pyridine rings is 1. The molecule has 0 radical (unpaired) electrons. The van der Waals surface area contributed by atoms with Gasteiger partial charge in [0.05, 0.1) is 12.1 Å². The fraction of sp³-hybridized carbons (Fsp3) is 0.130. The molecule has 0 aliphatic carbocycles. The highest BCUT2D eigenvalue weighted by Gasteiger charge is 2.16. The van der Waals surface area contributed by atoms with Crippen LogP contribution in [0.25, 0.3) is 10.9 Å². The third kappa shape index (κ3) is 4.15. The normalized spacial score (nSPS) is 10.9. The van der Waals surface area contributed by atoms with Gasteiger partial charge in [-0.05, 0) is 35.7 Å². The number of aliphatic hydroxyl groups is 1. The molecule has 0 saturated carbocycles. The molecule has 2 aromatic heterocycles. The number of aromatic carboxylic acids is 1. The topological polar surface area (TPSA) is 128 Å². The van der Waals surface area contributed by atoms with Crippen molar-refractivity contribution in [1.82, 2.24) is 15.2 Å². The molecule has 0 fully saturated rings. The number of rotatable bonds is 6. The number of nitrogens with zero attached hydrogens (tertiary/aromatic N) is 2. The Morgan fingerprint density at radius 1 is 1.03 bits per heavy atom. The molecule has 2 aromatic carbocycles. The smallest absolute Gasteiger partial charge is 0.353 e. The van der Waals surface area contributed by atoms with Gasteiger partial charge in [0, 0.05) is 29.3 Å². The number of H-pyrrole nitrogens is 1. The van der Waals surface area contributed by atoms with Gasteiger partial charge in [-0.25, -0.2) is 4.79 Å². The number of carbonyl (C=O) groups is 2. The lowest BCUT2D eigenvalue weighted by molar-refractivity contribution is 0.0690. The van der Waals surface area contributed by atoms with E-state index in [-0.39, 0.29) is 18.0 Å². The van der Waals surface area contributed by atoms with E-state index in [0.29, 0.717) is 12.1 Å². The fourth-order valence-corrected chi connectivity index (χ4v) is 3.53. The second-order valence-corrected chi connectivity index (χ2v) is 7.15. The minimum Gasteiger partial charge on any atom is -0.477 e. The van der Waals surface area contributed by atoms with Crippen molar-refractivity contribution in [2.45, 2.75) is 20.0 Å². The molecular weight excluding hydrogens is 396 g/mol. The molecule has 0 aliphatic heterocycles. The molecule has 1 amide bonds. The zero-order valence-corrected chi connectivity index (χ0v) is 16.7. The summed E-state index contributed by atoms with van der Waals surface area (Å²) in [6.07, 6.45) is 0.510. The maximum atomic E-state index is 12.6. The summed E-state index contributed by atoms with van der Waals surface area (Å²) in [5.41, 5.74) is 4.71. The largest absolute Gasteiger partial charge is 0.477 e. The minimum absolute atomic E-state index is 0.0118. The van der Waals surface area contributed by atoms with Crippen molar-refractivity contribution < 1.29 is 19.8 Å². The first kappa shape index (κ1) is 20.2. The number of benzene rings is 2. The number of amides is 1. The van der Waals surface area contributed by atoms with Crippen molar-refractivity contribution in [3.8, 4) is 0 Å². The van der Waals surface area contributed by atoms with E-state index in [0.717, 1.165) is 33.3 Å². The molecule has 0 aliphatic rings. The minimum atomic E-state index is -1.19. The SMILES string of the molecule is Cc1cc(CO)c2cccc(Cc3ccccc3NC(=O)c3cc(C(=O)O)[nH]n3)c2n1. The molecule has 8 nitrogen and oxygen atoms in total. The first-order valence-corrected chi connectivity index (χ1v) is 9.63. The zero-order chi connectivity index (χ0) is 22.0. The molecule has 0 spiro atoms. The zero-order valence-electron chi connectivity index (χ0n) is 16.7. The van der Waals surface area contributed by atoms with E-state index >= 15 is 0 Å². The van der Waals surface area contributed by atoms with Crippen molar-refractivity contribution in [2.75, 3.05) is 5.32 Å². The van der Waals surface area contributed by atoms with Gasteiger partial charge in [0.15, 0.2) is 5.69 Å². The first-order valence-electron chi connectivity index (χ1n) is 9.63. The Hall–Kier alpha value is -4.04. The summed E-state index contributed by atoms with van der Waals surface area (Å²) in [7, 11) is 0. The molecule has 4 rings (SSSR count). The van der Waals surface area contributed by atoms with Crippen LogP contribution in [0.15, 0.2) is 54.6 Å². The second kappa shape index (κ2) is 8.37. The van der Waals surface area contributed by atoms with E-state index in [2.05, 4.69) is 20.5 Å². The number of aryl methyl sites for hydroxylation is 1. The molecule has 8 heteroatoms. The van der Waals surface area contributed by atoms with Gasteiger partial charge in [0.25, 0.3) is 5.91 Å². The van der Waals surface area contributed by atoms with Gasteiger partial charge in [-0.15, -0.1) is 0 Å². The van der Waals surface area contributed by atoms with Crippen LogP contribution in [0.3, 0.4) is 0 Å². The summed E-state index contributed by atoms with van der Waals surface area (Å²) in [4.78, 5) is 28.2. The van der Waals surface area contributed by atoms with Crippen LogP contribution in [-0.2, 0) is 13.0 Å². The maximum Gasteiger partial charge on any atom is 0.353 e. The molecule has 4 aromatic rings. The summed E-state index contributed by atoms with van der Waals surface area (Å²) < 4.78 is 0. The number of carboxylic acids is 1. The van der Waals surface area contributed by atoms with Crippen LogP contribution < -0.4 is 5.32 Å². The molecule has 4 N–H and O–H groups in total. The number of anilines is 1. The van der Waals surface area contributed by atoms with E-state index in [1.807, 2.05) is 49.4 Å². The van der Waals surface area contributed by atoms with Gasteiger partial charge < -0.3 is 15.5 Å². The van der Waals surface area contributed by atoms with E-state index in [1.54, 1.807) is 6.07 Å². The van der Waals surface area contributed by atoms with Crippen LogP contribution in [0.1, 0.15) is 43.4 Å². The predicted molar refractivity (Wildman–Crippen MR) is 115 cm³/mol. The van der Waals surface area contributed by atoms with Gasteiger partial charge >= 0.3 is 5.97 Å². The molecule has 0 unspecified atom stereocenters. The van der Waals surface area contributed by atoms with Crippen molar-refractivity contribution >= 4 is 28.5 Å². The Morgan fingerprint density at radius 2 is 1.81 bits per heavy atom. The molecule has 2 heterocycles. The highest BCUT2D eigenvalue weighted by molar-refractivity contribution is 6.04. The van der Waals surface area contributed by atoms with E-state index in [4.69, 9.17) is 5.11 Å². The second-order valence-electron chi connectivity index (χ2n) is 7.15. The first-order chi connectivity index (χ1) is 15.0. The van der Waals surface area contributed by atoms with Gasteiger partial charge in [-0.1, -0.05) is 36.4 Å². The van der Waals surface area contributed by atoms with Crippen molar-refractivity contribution in [3.05, 3.63) is 88.4 Å². The number of carboxylic acid groups (broad SMARTS) is 1. The van der Waals surface area contributed by atoms with E-state index < -0.39 is 11.9 Å². The number of aromatic amines is 1. The lowest BCUT2D eigenvalue weighted by atomic mass is 9.98. The Bertz CT molecular complexity index is 1300. The quantitative estimate of drug-likeness (QED) is 0.382. The highest BCUT2D eigenvalue weighted by atomic mass is 16.4. The van der Waals surface area contributed by atoms with Crippen LogP contribution in [0.2, 0.25) is 0 Å². The number of aliphatic hydroxyl groups excluding tert-OH is 1. The molecule has 156 valence electrons. The fourth-order valence-electron chi connectivity index (χ4n) is 3.53. The van der Waals surface area contributed by atoms with Crippen molar-refractivity contribution in [2.24, 2.45) is 0 Å². The number of para-hydroxylation sites is 2. The number of aromatic nitrogens is 3. The summed E-state index contributed by atoms with van der Waals surface area (Å²) in [6, 6.07) is 16.3. The summed E-state index contributed by atoms with van der Waals surface area (Å²) >= 11 is 0. The summed E-state index contributed by atoms with van der Waals surface area (Å²) in [6.45, 7) is 1.82. The molecule has 0 saturated heterocycles. The summed E-state index contributed by atoms with van der Waals surface area (Å²) in [5.74, 6) is -1.70. The van der Waals surface area contributed by atoms with Gasteiger partial charge in [0.1, 0.15) is 5.69 Å². The predicted octanol–water partition coefficient (Wildman–Crippen LogP) is 3.30. The Morgan fingerprint density at radius 3 is 2.55 bits per heavy atom. The lowest BCUT2D eigenvalue weighted by Crippen LogP contribution is -2.14. The van der Waals surface area contributed by atoms with Crippen LogP contribution in [0.5, 0.6) is 0 Å². The van der Waals surface area contributed by atoms with Crippen molar-refractivity contribution in [1.29, 1.82) is 0 Å². The van der Waals surface area contributed by atoms with E-state index in [1.165, 1.54) is 6.07 Å². The van der Waals surface area contributed by atoms with Gasteiger partial charge in [-0.2, -0.15) is 5.10 Å². The van der Waals surface area contributed by atoms with Crippen LogP contribution in [0, 0.1) is 6.92 Å². The number of fused-ring (bicyclic) bond motifs is 1. The standard InChI is InChI=1S/C23H20N4O4/c1-13-9-16(12-28)17-7-4-6-15(21(17)24-13)10-14-5-2-3-8-18(14)25-22(29)19-11-20(23(30)31)27-26-19/h2-9,11,28H,10,12H2,1H3,(H,25,29)(H,26,27)(H,30,31). The molecule has 31 heavy (non-hydrogen) atoms. The Balaban J connectivity index is 1.66. The Labute approximate surface area is 177 Å². The average Bonchev–Trinajstić information content (AvgIpc) is 3.26. The van der Waals surface area contributed by atoms with Crippen molar-refractivity contribution in [3.63, 3.8) is 0 Å². The van der Waals surface area contributed by atoms with E-state index in [9.17, 15) is 14.7 Å². The number of carbonyl (C=O) groups excluding carboxylic acids is 1. The molecule has 0 atom stereocenters. The highest BCUT2D eigenvalue weighted by Crippen LogP contribution is 2.26. The van der Waals surface area contributed by atoms with Crippen LogP contribution in [0.4, 0.5) is 5.69 Å². The van der Waals surface area contributed by atoms with Gasteiger partial charge in [-0.3, -0.25) is 14.9 Å². The number of nitrogens with one attached hydrogen (secondary N) is 2. The number of hydrogen-bond donors (Lipinski definition) is 4. The maximum absolute atomic E-state index is 12.6. The number of hydrogen-bond acceptors (Lipinski definition) is 5. The molecule has 0 bridgehead atoms. The third-order valence-corrected chi connectivity index (χ3v) is 4.99. The van der Waals surface area contributed by atoms with Crippen LogP contribution in [-0.4, -0.2) is 37.3 Å². The third-order valence-electron chi connectivity index (χ3n) is 4.99. The Kier molecular flexibility index (Phi) is 5.46.